The number of pyridine rings is 1. The molecule has 14 heavy (non-hydrogen) atoms. The van der Waals surface area contributed by atoms with Crippen molar-refractivity contribution in [2.45, 2.75) is 6.43 Å². The van der Waals surface area contributed by atoms with Gasteiger partial charge in [-0.05, 0) is 15.9 Å². The smallest absolute Gasteiger partial charge is 0.289 e. The number of rotatable bonds is 2. The number of nitrogens with zero attached hydrogens (tertiary/aromatic N) is 2. The molecule has 0 aliphatic carbocycles. The van der Waals surface area contributed by atoms with Gasteiger partial charge in [-0.15, -0.1) is 0 Å². The maximum absolute atomic E-state index is 12.3. The first kappa shape index (κ1) is 10.8. The standard InChI is InChI=1S/C6H4BrF2N3O2/c7-4-2(12(13)14)1-3(10)11-5(4)6(8)9/h1,6H,(H2,10,11). The zero-order valence-corrected chi connectivity index (χ0v) is 8.16. The lowest BCUT2D eigenvalue weighted by atomic mass is 10.3. The fraction of sp³-hybridized carbons (Fsp3) is 0.167. The first-order chi connectivity index (χ1) is 6.43. The van der Waals surface area contributed by atoms with Crippen molar-refractivity contribution >= 4 is 27.4 Å². The highest BCUT2D eigenvalue weighted by atomic mass is 79.9. The number of nitro groups is 1. The van der Waals surface area contributed by atoms with Gasteiger partial charge >= 0.3 is 0 Å². The zero-order valence-electron chi connectivity index (χ0n) is 6.58. The van der Waals surface area contributed by atoms with Gasteiger partial charge < -0.3 is 5.73 Å². The summed E-state index contributed by atoms with van der Waals surface area (Å²) < 4.78 is 24.2. The number of halogens is 3. The van der Waals surface area contributed by atoms with Crippen molar-refractivity contribution in [3.05, 3.63) is 26.3 Å². The Morgan fingerprint density at radius 3 is 2.64 bits per heavy atom. The van der Waals surface area contributed by atoms with Crippen LogP contribution in [0.1, 0.15) is 12.1 Å². The van der Waals surface area contributed by atoms with Crippen LogP contribution in [0.15, 0.2) is 10.5 Å². The topological polar surface area (TPSA) is 82.0 Å². The molecular formula is C6H4BrF2N3O2. The number of hydrogen-bond donors (Lipinski definition) is 1. The van der Waals surface area contributed by atoms with Gasteiger partial charge in [-0.1, -0.05) is 0 Å². The molecule has 0 fully saturated rings. The van der Waals surface area contributed by atoms with Gasteiger partial charge in [-0.3, -0.25) is 10.1 Å². The van der Waals surface area contributed by atoms with Crippen LogP contribution >= 0.6 is 15.9 Å². The molecular weight excluding hydrogens is 264 g/mol. The second-order valence-corrected chi connectivity index (χ2v) is 3.12. The summed E-state index contributed by atoms with van der Waals surface area (Å²) in [6.07, 6.45) is -2.91. The van der Waals surface area contributed by atoms with E-state index in [2.05, 4.69) is 20.9 Å². The van der Waals surface area contributed by atoms with E-state index >= 15 is 0 Å². The van der Waals surface area contributed by atoms with Gasteiger partial charge in [0.2, 0.25) is 0 Å². The van der Waals surface area contributed by atoms with Gasteiger partial charge in [0.05, 0.1) is 11.0 Å². The molecule has 1 aromatic heterocycles. The van der Waals surface area contributed by atoms with E-state index in [0.29, 0.717) is 0 Å². The van der Waals surface area contributed by atoms with E-state index in [0.717, 1.165) is 6.07 Å². The minimum Gasteiger partial charge on any atom is -0.383 e. The summed E-state index contributed by atoms with van der Waals surface area (Å²) in [6.45, 7) is 0. The fourth-order valence-electron chi connectivity index (χ4n) is 0.833. The summed E-state index contributed by atoms with van der Waals surface area (Å²) in [5.74, 6) is -0.310. The first-order valence-corrected chi connectivity index (χ1v) is 4.11. The van der Waals surface area contributed by atoms with Crippen molar-refractivity contribution in [3.63, 3.8) is 0 Å². The Morgan fingerprint density at radius 2 is 2.21 bits per heavy atom. The Hall–Kier alpha value is -1.31. The van der Waals surface area contributed by atoms with Gasteiger partial charge in [0, 0.05) is 0 Å². The van der Waals surface area contributed by atoms with Crippen molar-refractivity contribution in [3.8, 4) is 0 Å². The SMILES string of the molecule is Nc1cc([N+](=O)[O-])c(Br)c(C(F)F)n1. The Kier molecular flexibility index (Phi) is 2.94. The van der Waals surface area contributed by atoms with Crippen molar-refractivity contribution in [1.82, 2.24) is 4.98 Å². The third kappa shape index (κ3) is 1.95. The lowest BCUT2D eigenvalue weighted by molar-refractivity contribution is -0.385. The quantitative estimate of drug-likeness (QED) is 0.658. The van der Waals surface area contributed by atoms with Gasteiger partial charge in [-0.25, -0.2) is 13.8 Å². The minimum absolute atomic E-state index is 0.310. The van der Waals surface area contributed by atoms with Gasteiger partial charge in [0.15, 0.2) is 0 Å². The third-order valence-corrected chi connectivity index (χ3v) is 2.20. The maximum Gasteiger partial charge on any atom is 0.289 e. The largest absolute Gasteiger partial charge is 0.383 e. The number of aromatic nitrogens is 1. The molecule has 0 saturated carbocycles. The number of nitrogen functional groups attached to an aromatic ring is 1. The second-order valence-electron chi connectivity index (χ2n) is 2.32. The molecule has 0 radical (unpaired) electrons. The number of alkyl halides is 2. The second kappa shape index (κ2) is 3.82. The van der Waals surface area contributed by atoms with Crippen LogP contribution in [-0.4, -0.2) is 9.91 Å². The van der Waals surface area contributed by atoms with Crippen molar-refractivity contribution in [2.24, 2.45) is 0 Å². The summed E-state index contributed by atoms with van der Waals surface area (Å²) >= 11 is 2.68. The predicted molar refractivity (Wildman–Crippen MR) is 48.0 cm³/mol. The van der Waals surface area contributed by atoms with E-state index in [9.17, 15) is 18.9 Å². The van der Waals surface area contributed by atoms with Crippen molar-refractivity contribution < 1.29 is 13.7 Å². The van der Waals surface area contributed by atoms with Crippen molar-refractivity contribution in [2.75, 3.05) is 5.73 Å². The molecule has 76 valence electrons. The summed E-state index contributed by atoms with van der Waals surface area (Å²) in [5.41, 5.74) is 3.89. The Balaban J connectivity index is 3.40. The van der Waals surface area contributed by atoms with Crippen molar-refractivity contribution in [1.29, 1.82) is 0 Å². The highest BCUT2D eigenvalue weighted by Gasteiger charge is 2.23. The summed E-state index contributed by atoms with van der Waals surface area (Å²) in [7, 11) is 0. The van der Waals surface area contributed by atoms with Crippen LogP contribution in [0.25, 0.3) is 0 Å². The predicted octanol–water partition coefficient (Wildman–Crippen LogP) is 2.27. The van der Waals surface area contributed by atoms with E-state index in [1.807, 2.05) is 0 Å². The van der Waals surface area contributed by atoms with Crippen LogP contribution in [0, 0.1) is 10.1 Å². The molecule has 0 aromatic carbocycles. The van der Waals surface area contributed by atoms with Crippen LogP contribution < -0.4 is 5.73 Å². The van der Waals surface area contributed by atoms with E-state index < -0.39 is 22.7 Å². The average molecular weight is 268 g/mol. The molecule has 0 atom stereocenters. The Bertz CT molecular complexity index is 386. The monoisotopic (exact) mass is 267 g/mol. The molecule has 8 heteroatoms. The molecule has 5 nitrogen and oxygen atoms in total. The molecule has 1 rings (SSSR count). The van der Waals surface area contributed by atoms with Crippen LogP contribution in [0.3, 0.4) is 0 Å². The Morgan fingerprint density at radius 1 is 1.64 bits per heavy atom. The molecule has 2 N–H and O–H groups in total. The molecule has 0 spiro atoms. The highest BCUT2D eigenvalue weighted by molar-refractivity contribution is 9.10. The van der Waals surface area contributed by atoms with E-state index in [1.165, 1.54) is 0 Å². The highest BCUT2D eigenvalue weighted by Crippen LogP contribution is 2.34. The minimum atomic E-state index is -2.91. The zero-order chi connectivity index (χ0) is 10.9. The van der Waals surface area contributed by atoms with Gasteiger partial charge in [0.1, 0.15) is 16.0 Å². The van der Waals surface area contributed by atoms with Crippen LogP contribution in [0.2, 0.25) is 0 Å². The fourth-order valence-corrected chi connectivity index (χ4v) is 1.35. The van der Waals surface area contributed by atoms with Gasteiger partial charge in [-0.2, -0.15) is 0 Å². The number of nitrogens with two attached hydrogens (primary N) is 1. The first-order valence-electron chi connectivity index (χ1n) is 3.32. The van der Waals surface area contributed by atoms with Crippen LogP contribution in [0.4, 0.5) is 20.3 Å². The van der Waals surface area contributed by atoms with Crippen LogP contribution in [0.5, 0.6) is 0 Å². The molecule has 0 bridgehead atoms. The normalized spacial score (nSPS) is 10.6. The number of anilines is 1. The summed E-state index contributed by atoms with van der Waals surface area (Å²) in [5, 5.41) is 10.4. The molecule has 1 aromatic rings. The summed E-state index contributed by atoms with van der Waals surface area (Å²) in [6, 6.07) is 0.913. The lowest BCUT2D eigenvalue weighted by Gasteiger charge is -2.03. The molecule has 0 amide bonds. The third-order valence-electron chi connectivity index (χ3n) is 1.39. The Labute approximate surface area is 85.2 Å². The molecule has 0 saturated heterocycles. The molecule has 0 aliphatic heterocycles. The maximum atomic E-state index is 12.3. The van der Waals surface area contributed by atoms with E-state index in [-0.39, 0.29) is 10.3 Å². The van der Waals surface area contributed by atoms with Crippen LogP contribution in [-0.2, 0) is 0 Å². The average Bonchev–Trinajstić information content (AvgIpc) is 2.07. The van der Waals surface area contributed by atoms with Gasteiger partial charge in [0.25, 0.3) is 12.1 Å². The summed E-state index contributed by atoms with van der Waals surface area (Å²) in [4.78, 5) is 12.9. The van der Waals surface area contributed by atoms with E-state index in [1.54, 1.807) is 0 Å². The number of hydrogen-bond acceptors (Lipinski definition) is 4. The molecule has 0 aliphatic rings. The molecule has 0 unspecified atom stereocenters. The lowest BCUT2D eigenvalue weighted by Crippen LogP contribution is -2.01. The molecule has 1 heterocycles. The van der Waals surface area contributed by atoms with E-state index in [4.69, 9.17) is 5.73 Å².